The number of aromatic nitrogens is 1. The van der Waals surface area contributed by atoms with Crippen molar-refractivity contribution in [2.24, 2.45) is 11.5 Å². The summed E-state index contributed by atoms with van der Waals surface area (Å²) in [6, 6.07) is 3.49. The molecule has 1 aliphatic heterocycles. The van der Waals surface area contributed by atoms with E-state index in [4.69, 9.17) is 16.2 Å². The molecule has 7 N–H and O–H groups in total. The van der Waals surface area contributed by atoms with Crippen LogP contribution in [0.15, 0.2) is 54.4 Å². The first kappa shape index (κ1) is 23.1. The van der Waals surface area contributed by atoms with Crippen LogP contribution in [0.5, 0.6) is 0 Å². The van der Waals surface area contributed by atoms with Gasteiger partial charge in [0.05, 0.1) is 18.8 Å². The monoisotopic (exact) mass is 438 g/mol. The molecule has 0 radical (unpaired) electrons. The number of nitrogens with two attached hydrogens (primary N) is 2. The maximum atomic E-state index is 13.2. The Labute approximate surface area is 187 Å². The third-order valence-corrected chi connectivity index (χ3v) is 5.05. The van der Waals surface area contributed by atoms with E-state index in [9.17, 15) is 9.59 Å². The molecule has 3 rings (SSSR count). The second-order valence-electron chi connectivity index (χ2n) is 7.70. The average molecular weight is 439 g/mol. The smallest absolute Gasteiger partial charge is 0.344 e. The second kappa shape index (κ2) is 10.7. The average Bonchev–Trinajstić information content (AvgIpc) is 2.78. The predicted molar refractivity (Wildman–Crippen MR) is 121 cm³/mol. The van der Waals surface area contributed by atoms with Gasteiger partial charge >= 0.3 is 5.91 Å². The van der Waals surface area contributed by atoms with Crippen LogP contribution in [0.25, 0.3) is 5.57 Å². The highest BCUT2D eigenvalue weighted by molar-refractivity contribution is 5.91. The molecule has 2 amide bonds. The Morgan fingerprint density at radius 2 is 2.03 bits per heavy atom. The molecule has 2 heterocycles. The van der Waals surface area contributed by atoms with Crippen molar-refractivity contribution in [3.05, 3.63) is 65.7 Å². The lowest BCUT2D eigenvalue weighted by molar-refractivity contribution is -0.824. The number of pyridine rings is 1. The van der Waals surface area contributed by atoms with Gasteiger partial charge < -0.3 is 21.5 Å². The van der Waals surface area contributed by atoms with E-state index in [-0.39, 0.29) is 11.8 Å². The fourth-order valence-electron chi connectivity index (χ4n) is 3.55. The number of amidine groups is 1. The second-order valence-corrected chi connectivity index (χ2v) is 7.70. The number of morpholine rings is 1. The number of hydrogen-bond acceptors (Lipinski definition) is 5. The number of rotatable bonds is 6. The van der Waals surface area contributed by atoms with Crippen molar-refractivity contribution < 1.29 is 24.2 Å². The summed E-state index contributed by atoms with van der Waals surface area (Å²) in [6.07, 6.45) is 8.08. The Morgan fingerprint density at radius 3 is 2.72 bits per heavy atom. The summed E-state index contributed by atoms with van der Waals surface area (Å²) in [7, 11) is 0. The summed E-state index contributed by atoms with van der Waals surface area (Å²) in [6.45, 7) is 7.54. The van der Waals surface area contributed by atoms with Gasteiger partial charge in [-0.25, -0.2) is 9.79 Å². The molecule has 0 atom stereocenters. The van der Waals surface area contributed by atoms with E-state index in [0.717, 1.165) is 23.3 Å². The summed E-state index contributed by atoms with van der Waals surface area (Å²) in [4.78, 5) is 33.4. The number of amides is 2. The Kier molecular flexibility index (Phi) is 7.69. The van der Waals surface area contributed by atoms with Crippen molar-refractivity contribution in [3.8, 4) is 0 Å². The van der Waals surface area contributed by atoms with E-state index < -0.39 is 0 Å². The van der Waals surface area contributed by atoms with Crippen LogP contribution in [0.3, 0.4) is 0 Å². The van der Waals surface area contributed by atoms with Crippen LogP contribution in [0, 0.1) is 0 Å². The first-order chi connectivity index (χ1) is 15.4. The van der Waals surface area contributed by atoms with Gasteiger partial charge in [-0.2, -0.15) is 0 Å². The zero-order valence-corrected chi connectivity index (χ0v) is 18.2. The predicted octanol–water partition coefficient (Wildman–Crippen LogP) is -1.57. The van der Waals surface area contributed by atoms with Crippen molar-refractivity contribution in [2.45, 2.75) is 19.8 Å². The SMILES string of the molecule is C=CC(=O)NC1=CCCC(c2cc(C(=O)[NH+]3CCOCC3)cc([NH+]=C(N)C=C(C)N)n2)=C1. The van der Waals surface area contributed by atoms with Crippen molar-refractivity contribution >= 4 is 29.0 Å². The Hall–Kier alpha value is -3.56. The molecule has 0 bridgehead atoms. The number of carbonyl (C=O) groups is 2. The topological polar surface area (TPSA) is 139 Å². The fourth-order valence-corrected chi connectivity index (χ4v) is 3.55. The van der Waals surface area contributed by atoms with Crippen LogP contribution in [-0.4, -0.2) is 48.9 Å². The molecule has 1 fully saturated rings. The van der Waals surface area contributed by atoms with Gasteiger partial charge in [0, 0.05) is 23.5 Å². The Bertz CT molecular complexity index is 1030. The highest BCUT2D eigenvalue weighted by Crippen LogP contribution is 2.25. The summed E-state index contributed by atoms with van der Waals surface area (Å²) in [5, 5.41) is 2.78. The van der Waals surface area contributed by atoms with E-state index >= 15 is 0 Å². The van der Waals surface area contributed by atoms with Crippen molar-refractivity contribution in [3.63, 3.8) is 0 Å². The molecule has 0 saturated carbocycles. The standard InChI is InChI=1S/C23H28N6O3/c1-3-22(30)26-18-6-4-5-16(12-18)19-13-17(23(31)29-7-9-32-10-8-29)14-21(27-19)28-20(25)11-15(2)24/h3,6,11-14H,1,4-5,7-10,24H2,2H3,(H,26,30)(H2,25,27,28)/p+2. The largest absolute Gasteiger partial charge is 0.402 e. The molecule has 2 aliphatic rings. The third-order valence-electron chi connectivity index (χ3n) is 5.05. The molecule has 0 aromatic carbocycles. The molecule has 168 valence electrons. The molecule has 1 aliphatic carbocycles. The van der Waals surface area contributed by atoms with Crippen LogP contribution >= 0.6 is 0 Å². The maximum absolute atomic E-state index is 13.2. The van der Waals surface area contributed by atoms with Crippen LogP contribution in [0.1, 0.15) is 35.8 Å². The number of allylic oxidation sites excluding steroid dienone is 4. The highest BCUT2D eigenvalue weighted by Gasteiger charge is 2.27. The first-order valence-corrected chi connectivity index (χ1v) is 10.5. The molecule has 1 saturated heterocycles. The van der Waals surface area contributed by atoms with Gasteiger partial charge in [0.2, 0.25) is 11.7 Å². The van der Waals surface area contributed by atoms with E-state index in [1.807, 2.05) is 12.2 Å². The molecule has 0 spiro atoms. The minimum absolute atomic E-state index is 0.0174. The van der Waals surface area contributed by atoms with E-state index in [0.29, 0.717) is 60.6 Å². The van der Waals surface area contributed by atoms with Crippen LogP contribution in [0.4, 0.5) is 5.82 Å². The number of hydrogen-bond donors (Lipinski definition) is 5. The Balaban J connectivity index is 2.00. The van der Waals surface area contributed by atoms with E-state index in [1.165, 1.54) is 6.08 Å². The van der Waals surface area contributed by atoms with Crippen molar-refractivity contribution in [1.82, 2.24) is 10.3 Å². The number of nitrogens with zero attached hydrogens (tertiary/aromatic N) is 1. The molecule has 1 aromatic rings. The normalized spacial score (nSPS) is 17.9. The van der Waals surface area contributed by atoms with E-state index in [2.05, 4.69) is 21.9 Å². The fraction of sp³-hybridized carbons (Fsp3) is 0.304. The summed E-state index contributed by atoms with van der Waals surface area (Å²) < 4.78 is 5.38. The third kappa shape index (κ3) is 6.22. The van der Waals surface area contributed by atoms with Gasteiger partial charge in [-0.1, -0.05) is 12.7 Å². The van der Waals surface area contributed by atoms with Crippen LogP contribution in [0.2, 0.25) is 0 Å². The molecule has 9 nitrogen and oxygen atoms in total. The molecule has 9 heteroatoms. The minimum Gasteiger partial charge on any atom is -0.402 e. The number of ether oxygens (including phenoxy) is 1. The molecule has 0 unspecified atom stereocenters. The zero-order chi connectivity index (χ0) is 23.1. The molecule has 32 heavy (non-hydrogen) atoms. The van der Waals surface area contributed by atoms with E-state index in [1.54, 1.807) is 25.1 Å². The Morgan fingerprint density at radius 1 is 1.28 bits per heavy atom. The number of nitrogens with one attached hydrogen (secondary N) is 3. The number of quaternary nitrogens is 1. The number of carbonyl (C=O) groups excluding carboxylic acids is 2. The van der Waals surface area contributed by atoms with Crippen LogP contribution < -0.4 is 26.7 Å². The van der Waals surface area contributed by atoms with Gasteiger partial charge in [-0.3, -0.25) is 9.69 Å². The molecular formula is C23H30N6O3+2. The van der Waals surface area contributed by atoms with Crippen molar-refractivity contribution in [2.75, 3.05) is 26.3 Å². The molecule has 1 aromatic heterocycles. The van der Waals surface area contributed by atoms with Gasteiger partial charge in [0.15, 0.2) is 0 Å². The molecular weight excluding hydrogens is 408 g/mol. The van der Waals surface area contributed by atoms with Gasteiger partial charge in [0.25, 0.3) is 5.82 Å². The highest BCUT2D eigenvalue weighted by atomic mass is 16.5. The first-order valence-electron chi connectivity index (χ1n) is 10.5. The summed E-state index contributed by atoms with van der Waals surface area (Å²) in [5.41, 5.74) is 15.0. The lowest BCUT2D eigenvalue weighted by Gasteiger charge is -2.21. The van der Waals surface area contributed by atoms with Gasteiger partial charge in [-0.15, -0.1) is 4.98 Å². The lowest BCUT2D eigenvalue weighted by Crippen LogP contribution is -3.16. The van der Waals surface area contributed by atoms with Gasteiger partial charge in [-0.05, 0) is 43.6 Å². The van der Waals surface area contributed by atoms with Gasteiger partial charge in [0.1, 0.15) is 18.8 Å². The summed E-state index contributed by atoms with van der Waals surface area (Å²) >= 11 is 0. The maximum Gasteiger partial charge on any atom is 0.344 e. The summed E-state index contributed by atoms with van der Waals surface area (Å²) in [5.74, 6) is 0.468. The minimum atomic E-state index is -0.282. The van der Waals surface area contributed by atoms with Crippen LogP contribution in [-0.2, 0) is 9.53 Å². The quantitative estimate of drug-likeness (QED) is 0.207. The zero-order valence-electron chi connectivity index (χ0n) is 18.2. The van der Waals surface area contributed by atoms with Crippen molar-refractivity contribution in [1.29, 1.82) is 0 Å². The lowest BCUT2D eigenvalue weighted by atomic mass is 9.98.